The number of amides is 4. The quantitative estimate of drug-likeness (QED) is 0.0681. The van der Waals surface area contributed by atoms with Crippen molar-refractivity contribution in [2.45, 2.75) is 76.6 Å². The van der Waals surface area contributed by atoms with E-state index in [-0.39, 0.29) is 44.0 Å². The normalized spacial score (nSPS) is 16.8. The van der Waals surface area contributed by atoms with Crippen molar-refractivity contribution in [3.63, 3.8) is 0 Å². The Morgan fingerprint density at radius 3 is 2.38 bits per heavy atom. The second-order valence-electron chi connectivity index (χ2n) is 13.2. The maximum absolute atomic E-state index is 14.4. The van der Waals surface area contributed by atoms with Gasteiger partial charge in [-0.2, -0.15) is 0 Å². The zero-order chi connectivity index (χ0) is 38.3. The number of rotatable bonds is 14. The Labute approximate surface area is 315 Å². The number of aryl methyl sites for hydroxylation is 2. The van der Waals surface area contributed by atoms with Gasteiger partial charge in [0, 0.05) is 22.5 Å². The summed E-state index contributed by atoms with van der Waals surface area (Å²) in [5.74, 6) is -2.16. The number of halogens is 2. The van der Waals surface area contributed by atoms with Gasteiger partial charge < -0.3 is 41.2 Å². The highest BCUT2D eigenvalue weighted by molar-refractivity contribution is 6.38. The topological polar surface area (TPSA) is 202 Å². The van der Waals surface area contributed by atoms with Gasteiger partial charge in [0.1, 0.15) is 30.0 Å². The highest BCUT2D eigenvalue weighted by Gasteiger charge is 2.46. The van der Waals surface area contributed by atoms with E-state index < -0.39 is 47.6 Å². The molecule has 13 nitrogen and oxygen atoms in total. The number of ether oxygens (including phenoxy) is 2. The van der Waals surface area contributed by atoms with E-state index >= 15 is 0 Å². The van der Waals surface area contributed by atoms with Crippen LogP contribution in [0.3, 0.4) is 0 Å². The molecule has 0 fully saturated rings. The molecule has 0 bridgehead atoms. The van der Waals surface area contributed by atoms with E-state index in [1.54, 1.807) is 55.5 Å². The first-order valence-corrected chi connectivity index (χ1v) is 17.9. The molecular formula is C38H41Cl2N5O8. The molecule has 15 heteroatoms. The molecule has 280 valence electrons. The van der Waals surface area contributed by atoms with Crippen molar-refractivity contribution >= 4 is 64.1 Å². The molecule has 7 N–H and O–H groups in total. The third-order valence-corrected chi connectivity index (χ3v) is 10.1. The summed E-state index contributed by atoms with van der Waals surface area (Å²) in [5.41, 5.74) is 7.79. The fourth-order valence-corrected chi connectivity index (χ4v) is 7.01. The Balaban J connectivity index is 1.45. The lowest BCUT2D eigenvalue weighted by Crippen LogP contribution is -2.66. The highest BCUT2D eigenvalue weighted by Crippen LogP contribution is 2.38. The van der Waals surface area contributed by atoms with Crippen LogP contribution in [0.4, 0.5) is 9.59 Å². The number of aromatic nitrogens is 1. The lowest BCUT2D eigenvalue weighted by Gasteiger charge is -2.39. The van der Waals surface area contributed by atoms with Crippen molar-refractivity contribution < 1.29 is 38.6 Å². The summed E-state index contributed by atoms with van der Waals surface area (Å²) in [6.45, 7) is 3.62. The van der Waals surface area contributed by atoms with Crippen LogP contribution in [-0.4, -0.2) is 57.7 Å². The summed E-state index contributed by atoms with van der Waals surface area (Å²) < 4.78 is 10.1. The van der Waals surface area contributed by atoms with Crippen LogP contribution in [0.5, 0.6) is 5.75 Å². The van der Waals surface area contributed by atoms with Crippen LogP contribution in [0, 0.1) is 5.92 Å². The fourth-order valence-electron chi connectivity index (χ4n) is 6.47. The second kappa shape index (κ2) is 17.0. The van der Waals surface area contributed by atoms with Crippen LogP contribution in [-0.2, 0) is 45.0 Å². The molecule has 0 saturated carbocycles. The van der Waals surface area contributed by atoms with Gasteiger partial charge in [0.25, 0.3) is 0 Å². The van der Waals surface area contributed by atoms with Gasteiger partial charge in [0.15, 0.2) is 0 Å². The lowest BCUT2D eigenvalue weighted by atomic mass is 9.78. The molecule has 1 aliphatic carbocycles. The van der Waals surface area contributed by atoms with E-state index in [2.05, 4.69) is 25.7 Å². The Bertz CT molecular complexity index is 1990. The number of nitrogens with one attached hydrogen (secondary N) is 4. The third kappa shape index (κ3) is 9.59. The molecular weight excluding hydrogens is 725 g/mol. The average molecular weight is 767 g/mol. The number of carbonyl (C=O) groups is 5. The van der Waals surface area contributed by atoms with E-state index in [0.29, 0.717) is 33.8 Å². The van der Waals surface area contributed by atoms with Gasteiger partial charge in [-0.25, -0.2) is 9.59 Å². The molecule has 0 saturated heterocycles. The first-order valence-electron chi connectivity index (χ1n) is 17.2. The Morgan fingerprint density at radius 1 is 1.00 bits per heavy atom. The summed E-state index contributed by atoms with van der Waals surface area (Å²) in [7, 11) is 0. The smallest absolute Gasteiger partial charge is 0.449 e. The van der Waals surface area contributed by atoms with Gasteiger partial charge >= 0.3 is 12.2 Å². The molecule has 5 rings (SSSR count). The molecule has 3 aromatic carbocycles. The lowest BCUT2D eigenvalue weighted by molar-refractivity contribution is -0.137. The number of carboxylic acid groups (broad SMARTS) is 1. The monoisotopic (exact) mass is 765 g/mol. The zero-order valence-electron chi connectivity index (χ0n) is 29.2. The van der Waals surface area contributed by atoms with E-state index in [9.17, 15) is 24.0 Å². The number of fused-ring (bicyclic) bond motifs is 3. The molecule has 1 aromatic heterocycles. The van der Waals surface area contributed by atoms with Crippen molar-refractivity contribution in [3.8, 4) is 5.75 Å². The van der Waals surface area contributed by atoms with Gasteiger partial charge in [-0.1, -0.05) is 85.9 Å². The van der Waals surface area contributed by atoms with Crippen LogP contribution in [0.2, 0.25) is 10.0 Å². The molecule has 1 unspecified atom stereocenters. The number of nitrogens with two attached hydrogens (primary N) is 1. The van der Waals surface area contributed by atoms with E-state index in [0.717, 1.165) is 22.4 Å². The predicted molar refractivity (Wildman–Crippen MR) is 199 cm³/mol. The van der Waals surface area contributed by atoms with Gasteiger partial charge in [-0.3, -0.25) is 14.4 Å². The standard InChI is InChI=1S/C38H41Cl2N5O8/c1-3-21(2)31(33(41)46)44-35(48)38(16-15-29-27(19-38)26-17-24(39)18-28(40)32(26)42-29)45-34(47)30(43-36(49)52-20-23-7-5-4-6-8-23)14-11-22-9-12-25(13-10-22)53-37(50)51/h4-10,12-13,17-18,21,30-31,42H,3,11,14-16,19-20H2,1-2H3,(H2,41,46)(H,43,49)(H,44,48)(H,45,47)(H,50,51)/t21?,30-,31-,38+/m0/s1. The number of hydrogen-bond donors (Lipinski definition) is 6. The number of H-pyrrole nitrogens is 1. The Kier molecular flexibility index (Phi) is 12.5. The molecule has 4 amide bonds. The highest BCUT2D eigenvalue weighted by atomic mass is 35.5. The molecule has 1 aliphatic rings. The van der Waals surface area contributed by atoms with Gasteiger partial charge in [0.05, 0.1) is 10.5 Å². The largest absolute Gasteiger partial charge is 0.511 e. The third-order valence-electron chi connectivity index (χ3n) is 9.58. The first-order chi connectivity index (χ1) is 25.3. The fraction of sp³-hybridized carbons (Fsp3) is 0.342. The number of alkyl carbamates (subject to hydrolysis) is 1. The number of benzene rings is 3. The van der Waals surface area contributed by atoms with Crippen LogP contribution in [0.25, 0.3) is 10.9 Å². The minimum atomic E-state index is -1.58. The number of hydrogen-bond acceptors (Lipinski definition) is 7. The van der Waals surface area contributed by atoms with Crippen molar-refractivity contribution in [1.29, 1.82) is 0 Å². The van der Waals surface area contributed by atoms with E-state index in [4.69, 9.17) is 38.8 Å². The van der Waals surface area contributed by atoms with Crippen molar-refractivity contribution in [2.24, 2.45) is 11.7 Å². The SMILES string of the molecule is CCC(C)[C@H](NC(=O)[C@@]1(NC(=O)[C@H](CCc2ccc(OC(=O)O)cc2)NC(=O)OCc2ccccc2)CCc2[nH]c3c(Cl)cc(Cl)cc3c2C1)C(N)=O. The summed E-state index contributed by atoms with van der Waals surface area (Å²) in [5, 5.41) is 18.8. The summed E-state index contributed by atoms with van der Waals surface area (Å²) >= 11 is 12.9. The van der Waals surface area contributed by atoms with Crippen molar-refractivity contribution in [3.05, 3.63) is 99.2 Å². The van der Waals surface area contributed by atoms with Crippen LogP contribution < -0.4 is 26.4 Å². The van der Waals surface area contributed by atoms with Gasteiger partial charge in [0.2, 0.25) is 17.7 Å². The average Bonchev–Trinajstić information content (AvgIpc) is 3.49. The van der Waals surface area contributed by atoms with Gasteiger partial charge in [-0.15, -0.1) is 0 Å². The van der Waals surface area contributed by atoms with Gasteiger partial charge in [-0.05, 0) is 72.6 Å². The minimum Gasteiger partial charge on any atom is -0.449 e. The molecule has 4 aromatic rings. The molecule has 0 aliphatic heterocycles. The molecule has 53 heavy (non-hydrogen) atoms. The molecule has 0 radical (unpaired) electrons. The van der Waals surface area contributed by atoms with Crippen LogP contribution >= 0.6 is 23.2 Å². The van der Waals surface area contributed by atoms with Crippen molar-refractivity contribution in [1.82, 2.24) is 20.9 Å². The molecule has 1 heterocycles. The Morgan fingerprint density at radius 2 is 1.72 bits per heavy atom. The van der Waals surface area contributed by atoms with Crippen LogP contribution in [0.1, 0.15) is 55.5 Å². The van der Waals surface area contributed by atoms with E-state index in [1.807, 2.05) is 13.0 Å². The number of carbonyl (C=O) groups excluding carboxylic acids is 4. The molecule has 4 atom stereocenters. The maximum Gasteiger partial charge on any atom is 0.511 e. The maximum atomic E-state index is 14.4. The number of aromatic amines is 1. The zero-order valence-corrected chi connectivity index (χ0v) is 30.7. The summed E-state index contributed by atoms with van der Waals surface area (Å²) in [6, 6.07) is 16.4. The van der Waals surface area contributed by atoms with Crippen molar-refractivity contribution in [2.75, 3.05) is 0 Å². The first kappa shape index (κ1) is 38.9. The van der Waals surface area contributed by atoms with Crippen LogP contribution in [0.15, 0.2) is 66.7 Å². The predicted octanol–water partition coefficient (Wildman–Crippen LogP) is 5.82. The second-order valence-corrected chi connectivity index (χ2v) is 14.0. The minimum absolute atomic E-state index is 0.0127. The Hall–Kier alpha value is -5.27. The van der Waals surface area contributed by atoms with E-state index in [1.165, 1.54) is 12.1 Å². The number of primary amides is 1. The molecule has 0 spiro atoms. The summed E-state index contributed by atoms with van der Waals surface area (Å²) in [6.07, 6.45) is -0.929. The summed E-state index contributed by atoms with van der Waals surface area (Å²) in [4.78, 5) is 68.7.